The van der Waals surface area contributed by atoms with Gasteiger partial charge in [0.2, 0.25) is 0 Å². The third-order valence-electron chi connectivity index (χ3n) is 3.47. The van der Waals surface area contributed by atoms with Crippen LogP contribution in [0.15, 0.2) is 0 Å². The van der Waals surface area contributed by atoms with Crippen molar-refractivity contribution in [2.24, 2.45) is 11.8 Å². The van der Waals surface area contributed by atoms with Gasteiger partial charge in [0.05, 0.1) is 19.8 Å². The highest BCUT2D eigenvalue weighted by Gasteiger charge is 2.26. The molecule has 1 N–H and O–H groups in total. The molecule has 1 saturated carbocycles. The number of carbonyl (C=O) groups is 1. The van der Waals surface area contributed by atoms with E-state index in [0.29, 0.717) is 6.61 Å². The normalized spacial score (nSPS) is 30.9. The second-order valence-electron chi connectivity index (χ2n) is 5.24. The SMILES string of the molecule is CNC(COC1CC(C)CC(C)C1)C(=O)OC. The van der Waals surface area contributed by atoms with E-state index in [9.17, 15) is 4.79 Å². The van der Waals surface area contributed by atoms with Crippen LogP contribution in [-0.4, -0.2) is 38.9 Å². The van der Waals surface area contributed by atoms with E-state index >= 15 is 0 Å². The maximum absolute atomic E-state index is 11.4. The van der Waals surface area contributed by atoms with Crippen molar-refractivity contribution in [1.29, 1.82) is 0 Å². The van der Waals surface area contributed by atoms with E-state index in [1.54, 1.807) is 7.05 Å². The molecule has 1 aliphatic carbocycles. The molecule has 0 aromatic rings. The number of carbonyl (C=O) groups excluding carboxylic acids is 1. The van der Waals surface area contributed by atoms with Crippen LogP contribution in [0.25, 0.3) is 0 Å². The van der Waals surface area contributed by atoms with E-state index in [1.807, 2.05) is 0 Å². The molecule has 0 aliphatic heterocycles. The molecule has 0 bridgehead atoms. The summed E-state index contributed by atoms with van der Waals surface area (Å²) in [4.78, 5) is 11.4. The first kappa shape index (κ1) is 14.5. The van der Waals surface area contributed by atoms with Crippen molar-refractivity contribution < 1.29 is 14.3 Å². The van der Waals surface area contributed by atoms with Gasteiger partial charge in [0, 0.05) is 0 Å². The number of nitrogens with one attached hydrogen (secondary N) is 1. The molecule has 3 unspecified atom stereocenters. The fourth-order valence-electron chi connectivity index (χ4n) is 2.65. The molecule has 3 atom stereocenters. The van der Waals surface area contributed by atoms with Crippen LogP contribution in [0.5, 0.6) is 0 Å². The molecule has 0 aromatic heterocycles. The van der Waals surface area contributed by atoms with Gasteiger partial charge in [-0.2, -0.15) is 0 Å². The Balaban J connectivity index is 2.35. The van der Waals surface area contributed by atoms with Gasteiger partial charge >= 0.3 is 5.97 Å². The van der Waals surface area contributed by atoms with Crippen LogP contribution < -0.4 is 5.32 Å². The van der Waals surface area contributed by atoms with Crippen LogP contribution in [-0.2, 0) is 14.3 Å². The molecule has 4 heteroatoms. The summed E-state index contributed by atoms with van der Waals surface area (Å²) in [5.74, 6) is 1.18. The van der Waals surface area contributed by atoms with Crippen LogP contribution in [0.1, 0.15) is 33.1 Å². The zero-order chi connectivity index (χ0) is 12.8. The number of hydrogen-bond donors (Lipinski definition) is 1. The van der Waals surface area contributed by atoms with Gasteiger partial charge in [-0.1, -0.05) is 13.8 Å². The molecule has 1 aliphatic rings. The fourth-order valence-corrected chi connectivity index (χ4v) is 2.65. The molecule has 17 heavy (non-hydrogen) atoms. The highest BCUT2D eigenvalue weighted by Crippen LogP contribution is 2.30. The van der Waals surface area contributed by atoms with Crippen molar-refractivity contribution in [3.63, 3.8) is 0 Å². The van der Waals surface area contributed by atoms with Crippen molar-refractivity contribution in [1.82, 2.24) is 5.32 Å². The summed E-state index contributed by atoms with van der Waals surface area (Å²) in [6, 6.07) is -0.354. The predicted octanol–water partition coefficient (Wildman–Crippen LogP) is 1.59. The Labute approximate surface area is 104 Å². The van der Waals surface area contributed by atoms with Crippen molar-refractivity contribution in [2.75, 3.05) is 20.8 Å². The Morgan fingerprint density at radius 1 is 1.29 bits per heavy atom. The standard InChI is InChI=1S/C13H25NO3/c1-9-5-10(2)7-11(6-9)17-8-12(14-3)13(15)16-4/h9-12,14H,5-8H2,1-4H3. The predicted molar refractivity (Wildman–Crippen MR) is 66.8 cm³/mol. The van der Waals surface area contributed by atoms with E-state index in [4.69, 9.17) is 9.47 Å². The molecule has 0 heterocycles. The van der Waals surface area contributed by atoms with Crippen LogP contribution in [0.4, 0.5) is 0 Å². The highest BCUT2D eigenvalue weighted by atomic mass is 16.5. The maximum Gasteiger partial charge on any atom is 0.325 e. The number of hydrogen-bond acceptors (Lipinski definition) is 4. The summed E-state index contributed by atoms with van der Waals surface area (Å²) in [6.45, 7) is 4.93. The molecule has 4 nitrogen and oxygen atoms in total. The summed E-state index contributed by atoms with van der Waals surface area (Å²) in [6.07, 6.45) is 3.77. The lowest BCUT2D eigenvalue weighted by atomic mass is 9.82. The summed E-state index contributed by atoms with van der Waals surface area (Å²) < 4.78 is 10.5. The summed E-state index contributed by atoms with van der Waals surface area (Å²) >= 11 is 0. The van der Waals surface area contributed by atoms with Gasteiger partial charge in [0.1, 0.15) is 6.04 Å². The van der Waals surface area contributed by atoms with Gasteiger partial charge in [-0.25, -0.2) is 0 Å². The number of rotatable bonds is 5. The van der Waals surface area contributed by atoms with E-state index < -0.39 is 0 Å². The monoisotopic (exact) mass is 243 g/mol. The molecular weight excluding hydrogens is 218 g/mol. The lowest BCUT2D eigenvalue weighted by Gasteiger charge is -2.32. The van der Waals surface area contributed by atoms with Gasteiger partial charge in [-0.05, 0) is 38.1 Å². The topological polar surface area (TPSA) is 47.6 Å². The molecular formula is C13H25NO3. The molecule has 0 spiro atoms. The van der Waals surface area contributed by atoms with Gasteiger partial charge < -0.3 is 14.8 Å². The second kappa shape index (κ2) is 6.97. The zero-order valence-corrected chi connectivity index (χ0v) is 11.4. The number of methoxy groups -OCH3 is 1. The number of likely N-dealkylation sites (N-methyl/N-ethyl adjacent to an activating group) is 1. The fraction of sp³-hybridized carbons (Fsp3) is 0.923. The molecule has 100 valence electrons. The van der Waals surface area contributed by atoms with Crippen molar-refractivity contribution in [3.05, 3.63) is 0 Å². The van der Waals surface area contributed by atoms with Gasteiger partial charge in [-0.3, -0.25) is 4.79 Å². The average molecular weight is 243 g/mol. The lowest BCUT2D eigenvalue weighted by Crippen LogP contribution is -2.41. The van der Waals surface area contributed by atoms with Crippen molar-refractivity contribution in [3.8, 4) is 0 Å². The largest absolute Gasteiger partial charge is 0.468 e. The Morgan fingerprint density at radius 2 is 1.88 bits per heavy atom. The minimum atomic E-state index is -0.354. The highest BCUT2D eigenvalue weighted by molar-refractivity contribution is 5.75. The molecule has 0 radical (unpaired) electrons. The van der Waals surface area contributed by atoms with Crippen LogP contribution in [0.3, 0.4) is 0 Å². The molecule has 1 rings (SSSR count). The lowest BCUT2D eigenvalue weighted by molar-refractivity contribution is -0.145. The number of ether oxygens (including phenoxy) is 2. The molecule has 0 amide bonds. The first-order chi connectivity index (χ1) is 8.06. The van der Waals surface area contributed by atoms with Crippen LogP contribution in [0.2, 0.25) is 0 Å². The van der Waals surface area contributed by atoms with E-state index in [2.05, 4.69) is 19.2 Å². The zero-order valence-electron chi connectivity index (χ0n) is 11.4. The summed E-state index contributed by atoms with van der Waals surface area (Å²) in [7, 11) is 3.15. The molecule has 1 fully saturated rings. The Hall–Kier alpha value is -0.610. The summed E-state index contributed by atoms with van der Waals surface area (Å²) in [5, 5.41) is 2.92. The van der Waals surface area contributed by atoms with E-state index in [1.165, 1.54) is 13.5 Å². The van der Waals surface area contributed by atoms with E-state index in [-0.39, 0.29) is 18.1 Å². The average Bonchev–Trinajstić information content (AvgIpc) is 2.28. The quantitative estimate of drug-likeness (QED) is 0.745. The number of esters is 1. The first-order valence-electron chi connectivity index (χ1n) is 6.43. The first-order valence-corrected chi connectivity index (χ1v) is 6.43. The minimum absolute atomic E-state index is 0.260. The van der Waals surface area contributed by atoms with Gasteiger partial charge in [0.15, 0.2) is 0 Å². The van der Waals surface area contributed by atoms with E-state index in [0.717, 1.165) is 24.7 Å². The van der Waals surface area contributed by atoms with Crippen molar-refractivity contribution >= 4 is 5.97 Å². The van der Waals surface area contributed by atoms with Crippen LogP contribution in [0, 0.1) is 11.8 Å². The van der Waals surface area contributed by atoms with Crippen LogP contribution >= 0.6 is 0 Å². The maximum atomic E-state index is 11.4. The smallest absolute Gasteiger partial charge is 0.325 e. The minimum Gasteiger partial charge on any atom is -0.468 e. The Bertz CT molecular complexity index is 235. The van der Waals surface area contributed by atoms with Gasteiger partial charge in [-0.15, -0.1) is 0 Å². The van der Waals surface area contributed by atoms with Gasteiger partial charge in [0.25, 0.3) is 0 Å². The molecule has 0 aromatic carbocycles. The third kappa shape index (κ3) is 4.64. The summed E-state index contributed by atoms with van der Waals surface area (Å²) in [5.41, 5.74) is 0. The Kier molecular flexibility index (Phi) is 5.92. The molecule has 0 saturated heterocycles. The Morgan fingerprint density at radius 3 is 2.35 bits per heavy atom. The third-order valence-corrected chi connectivity index (χ3v) is 3.47. The second-order valence-corrected chi connectivity index (χ2v) is 5.24. The van der Waals surface area contributed by atoms with Crippen molar-refractivity contribution in [2.45, 2.75) is 45.3 Å².